The molecule has 6 nitrogen and oxygen atoms in total. The zero-order valence-electron chi connectivity index (χ0n) is 12.4. The van der Waals surface area contributed by atoms with Gasteiger partial charge in [0.2, 0.25) is 0 Å². The summed E-state index contributed by atoms with van der Waals surface area (Å²) in [6.07, 6.45) is 2.00. The van der Waals surface area contributed by atoms with E-state index in [0.717, 1.165) is 0 Å². The van der Waals surface area contributed by atoms with Gasteiger partial charge < -0.3 is 19.9 Å². The topological polar surface area (TPSA) is 84.9 Å². The van der Waals surface area contributed by atoms with Crippen molar-refractivity contribution >= 4 is 12.1 Å². The Morgan fingerprint density at radius 1 is 1.35 bits per heavy atom. The number of hydrogen-bond donors (Lipinski definition) is 2. The zero-order valence-corrected chi connectivity index (χ0v) is 12.4. The third-order valence-corrected chi connectivity index (χ3v) is 2.75. The first kappa shape index (κ1) is 16.5. The van der Waals surface area contributed by atoms with Gasteiger partial charge in [-0.2, -0.15) is 0 Å². The van der Waals surface area contributed by atoms with E-state index in [0.29, 0.717) is 0 Å². The maximum absolute atomic E-state index is 11.7. The summed E-state index contributed by atoms with van der Waals surface area (Å²) in [7, 11) is 0. The van der Waals surface area contributed by atoms with Crippen molar-refractivity contribution < 1.29 is 24.2 Å². The number of rotatable bonds is 3. The van der Waals surface area contributed by atoms with Gasteiger partial charge in [-0.1, -0.05) is 12.2 Å². The molecule has 0 aliphatic heterocycles. The highest BCUT2D eigenvalue weighted by Gasteiger charge is 2.33. The van der Waals surface area contributed by atoms with Gasteiger partial charge in [0.25, 0.3) is 0 Å². The van der Waals surface area contributed by atoms with Crippen molar-refractivity contribution in [2.24, 2.45) is 5.92 Å². The lowest BCUT2D eigenvalue weighted by Crippen LogP contribution is -2.44. The van der Waals surface area contributed by atoms with Crippen molar-refractivity contribution in [1.82, 2.24) is 5.32 Å². The molecule has 1 aliphatic carbocycles. The van der Waals surface area contributed by atoms with Crippen LogP contribution in [0.25, 0.3) is 0 Å². The van der Waals surface area contributed by atoms with Crippen LogP contribution < -0.4 is 5.32 Å². The largest absolute Gasteiger partial charge is 0.466 e. The molecular formula is C14H23NO5. The second-order valence-corrected chi connectivity index (χ2v) is 5.72. The summed E-state index contributed by atoms with van der Waals surface area (Å²) in [4.78, 5) is 23.4. The molecule has 2 N–H and O–H groups in total. The number of ether oxygens (including phenoxy) is 2. The van der Waals surface area contributed by atoms with Gasteiger partial charge >= 0.3 is 12.1 Å². The number of aliphatic hydroxyl groups excluding tert-OH is 1. The molecule has 0 radical (unpaired) electrons. The Balaban J connectivity index is 2.59. The third-order valence-electron chi connectivity index (χ3n) is 2.75. The Bertz CT molecular complexity index is 386. The van der Waals surface area contributed by atoms with Crippen LogP contribution in [0.15, 0.2) is 12.2 Å². The molecule has 3 atom stereocenters. The molecule has 0 spiro atoms. The van der Waals surface area contributed by atoms with Crippen LogP contribution in [-0.2, 0) is 14.3 Å². The van der Waals surface area contributed by atoms with Crippen LogP contribution >= 0.6 is 0 Å². The van der Waals surface area contributed by atoms with Crippen LogP contribution in [0, 0.1) is 5.92 Å². The predicted molar refractivity (Wildman–Crippen MR) is 73.0 cm³/mol. The van der Waals surface area contributed by atoms with E-state index >= 15 is 0 Å². The summed E-state index contributed by atoms with van der Waals surface area (Å²) in [5.74, 6) is -1.12. The van der Waals surface area contributed by atoms with Crippen LogP contribution in [0.3, 0.4) is 0 Å². The highest BCUT2D eigenvalue weighted by molar-refractivity contribution is 5.74. The van der Waals surface area contributed by atoms with Crippen LogP contribution in [0.4, 0.5) is 4.79 Å². The van der Waals surface area contributed by atoms with Gasteiger partial charge in [0.15, 0.2) is 0 Å². The summed E-state index contributed by atoms with van der Waals surface area (Å²) in [6.45, 7) is 7.28. The molecule has 0 heterocycles. The quantitative estimate of drug-likeness (QED) is 0.604. The van der Waals surface area contributed by atoms with Crippen LogP contribution in [-0.4, -0.2) is 41.5 Å². The van der Waals surface area contributed by atoms with Gasteiger partial charge in [-0.25, -0.2) is 4.79 Å². The van der Waals surface area contributed by atoms with E-state index in [1.165, 1.54) is 6.08 Å². The standard InChI is InChI=1S/C14H23NO5/c1-5-19-12(17)10-8-9(6-7-11(10)16)15-13(18)20-14(2,3)4/h6-7,9-11,16H,5,8H2,1-4H3,(H,15,18). The minimum absolute atomic E-state index is 0.260. The predicted octanol–water partition coefficient (Wildman–Crippen LogP) is 1.38. The molecule has 1 rings (SSSR count). The maximum Gasteiger partial charge on any atom is 0.408 e. The highest BCUT2D eigenvalue weighted by Crippen LogP contribution is 2.21. The van der Waals surface area contributed by atoms with Crippen molar-refractivity contribution in [3.05, 3.63) is 12.2 Å². The minimum Gasteiger partial charge on any atom is -0.466 e. The molecule has 0 bridgehead atoms. The number of aliphatic hydroxyl groups is 1. The lowest BCUT2D eigenvalue weighted by Gasteiger charge is -2.28. The summed E-state index contributed by atoms with van der Waals surface area (Å²) >= 11 is 0. The molecule has 1 aliphatic rings. The molecule has 0 saturated heterocycles. The number of carbonyl (C=O) groups is 2. The number of esters is 1. The Morgan fingerprint density at radius 2 is 2.00 bits per heavy atom. The van der Waals surface area contributed by atoms with Gasteiger partial charge in [0, 0.05) is 0 Å². The first-order valence-corrected chi connectivity index (χ1v) is 6.75. The highest BCUT2D eigenvalue weighted by atomic mass is 16.6. The fraction of sp³-hybridized carbons (Fsp3) is 0.714. The smallest absolute Gasteiger partial charge is 0.408 e. The van der Waals surface area contributed by atoms with Gasteiger partial charge in [-0.3, -0.25) is 4.79 Å². The van der Waals surface area contributed by atoms with Crippen molar-refractivity contribution in [1.29, 1.82) is 0 Å². The fourth-order valence-corrected chi connectivity index (χ4v) is 1.92. The first-order valence-electron chi connectivity index (χ1n) is 6.75. The molecule has 3 unspecified atom stereocenters. The van der Waals surface area contributed by atoms with E-state index < -0.39 is 29.7 Å². The van der Waals surface area contributed by atoms with Crippen molar-refractivity contribution in [3.63, 3.8) is 0 Å². The van der Waals surface area contributed by atoms with E-state index in [1.54, 1.807) is 33.8 Å². The summed E-state index contributed by atoms with van der Waals surface area (Å²) in [5.41, 5.74) is -0.581. The summed E-state index contributed by atoms with van der Waals surface area (Å²) in [6, 6.07) is -0.359. The van der Waals surface area contributed by atoms with E-state index in [1.807, 2.05) is 0 Å². The number of nitrogens with one attached hydrogen (secondary N) is 1. The average molecular weight is 285 g/mol. The second kappa shape index (κ2) is 6.74. The number of carbonyl (C=O) groups excluding carboxylic acids is 2. The van der Waals surface area contributed by atoms with Crippen LogP contribution in [0.2, 0.25) is 0 Å². The molecule has 1 amide bonds. The van der Waals surface area contributed by atoms with Crippen LogP contribution in [0.5, 0.6) is 0 Å². The van der Waals surface area contributed by atoms with Crippen molar-refractivity contribution in [2.75, 3.05) is 6.61 Å². The van der Waals surface area contributed by atoms with Crippen molar-refractivity contribution in [2.45, 2.75) is 51.9 Å². The minimum atomic E-state index is -0.884. The molecule has 0 saturated carbocycles. The van der Waals surface area contributed by atoms with E-state index in [-0.39, 0.29) is 19.1 Å². The molecule has 20 heavy (non-hydrogen) atoms. The van der Waals surface area contributed by atoms with E-state index in [2.05, 4.69) is 5.32 Å². The molecule has 0 aromatic carbocycles. The molecule has 0 aromatic heterocycles. The second-order valence-electron chi connectivity index (χ2n) is 5.72. The Hall–Kier alpha value is -1.56. The fourth-order valence-electron chi connectivity index (χ4n) is 1.92. The number of alkyl carbamates (subject to hydrolysis) is 1. The Labute approximate surface area is 119 Å². The number of amides is 1. The normalized spacial score (nSPS) is 25.9. The molecule has 6 heteroatoms. The monoisotopic (exact) mass is 285 g/mol. The maximum atomic E-state index is 11.7. The Morgan fingerprint density at radius 3 is 2.55 bits per heavy atom. The van der Waals surface area contributed by atoms with E-state index in [4.69, 9.17) is 9.47 Å². The SMILES string of the molecule is CCOC(=O)C1CC(NC(=O)OC(C)(C)C)C=CC1O. The van der Waals surface area contributed by atoms with Crippen molar-refractivity contribution in [3.8, 4) is 0 Å². The first-order chi connectivity index (χ1) is 9.23. The molecule has 114 valence electrons. The summed E-state index contributed by atoms with van der Waals surface area (Å²) in [5, 5.41) is 12.4. The Kier molecular flexibility index (Phi) is 5.56. The van der Waals surface area contributed by atoms with Gasteiger partial charge in [-0.15, -0.1) is 0 Å². The van der Waals surface area contributed by atoms with E-state index in [9.17, 15) is 14.7 Å². The zero-order chi connectivity index (χ0) is 15.3. The molecular weight excluding hydrogens is 262 g/mol. The molecule has 0 fully saturated rings. The third kappa shape index (κ3) is 5.21. The van der Waals surface area contributed by atoms with Gasteiger partial charge in [0.1, 0.15) is 5.60 Å². The van der Waals surface area contributed by atoms with Gasteiger partial charge in [0.05, 0.1) is 24.7 Å². The van der Waals surface area contributed by atoms with Gasteiger partial charge in [-0.05, 0) is 34.1 Å². The summed E-state index contributed by atoms with van der Waals surface area (Å²) < 4.78 is 10.1. The molecule has 0 aromatic rings. The van der Waals surface area contributed by atoms with Crippen LogP contribution in [0.1, 0.15) is 34.1 Å². The lowest BCUT2D eigenvalue weighted by atomic mass is 9.88. The number of hydrogen-bond acceptors (Lipinski definition) is 5. The lowest BCUT2D eigenvalue weighted by molar-refractivity contribution is -0.151. The average Bonchev–Trinajstić information content (AvgIpc) is 2.29.